The van der Waals surface area contributed by atoms with Gasteiger partial charge in [-0.2, -0.15) is 0 Å². The molecule has 0 fully saturated rings. The Hall–Kier alpha value is -1.35. The van der Waals surface area contributed by atoms with Gasteiger partial charge in [0.1, 0.15) is 0 Å². The van der Waals surface area contributed by atoms with E-state index in [4.69, 9.17) is 5.73 Å². The minimum absolute atomic E-state index is 0.254. The molecule has 0 radical (unpaired) electrons. The number of nitrogens with zero attached hydrogens (tertiary/aromatic N) is 1. The lowest BCUT2D eigenvalue weighted by Gasteiger charge is -2.14. The Kier molecular flexibility index (Phi) is 3.57. The first-order valence-electron chi connectivity index (χ1n) is 5.86. The monoisotopic (exact) mass is 218 g/mol. The number of amides is 1. The van der Waals surface area contributed by atoms with Gasteiger partial charge >= 0.3 is 0 Å². The van der Waals surface area contributed by atoms with Crippen LogP contribution in [0.25, 0.3) is 0 Å². The number of nitrogens with two attached hydrogens (primary N) is 1. The second-order valence-corrected chi connectivity index (χ2v) is 4.26. The molecule has 3 nitrogen and oxygen atoms in total. The molecule has 16 heavy (non-hydrogen) atoms. The van der Waals surface area contributed by atoms with Crippen molar-refractivity contribution in [1.29, 1.82) is 0 Å². The first-order chi connectivity index (χ1) is 7.81. The molecule has 0 aliphatic carbocycles. The van der Waals surface area contributed by atoms with Crippen molar-refractivity contribution in [3.63, 3.8) is 0 Å². The van der Waals surface area contributed by atoms with Gasteiger partial charge in [-0.05, 0) is 30.5 Å². The minimum atomic E-state index is 0.254. The van der Waals surface area contributed by atoms with Crippen molar-refractivity contribution in [1.82, 2.24) is 4.90 Å². The second-order valence-electron chi connectivity index (χ2n) is 4.26. The van der Waals surface area contributed by atoms with Gasteiger partial charge in [0.05, 0.1) is 0 Å². The van der Waals surface area contributed by atoms with Crippen molar-refractivity contribution >= 4 is 5.91 Å². The number of carbonyl (C=O) groups excluding carboxylic acids is 1. The average molecular weight is 218 g/mol. The van der Waals surface area contributed by atoms with Crippen LogP contribution in [0.4, 0.5) is 0 Å². The summed E-state index contributed by atoms with van der Waals surface area (Å²) in [6.07, 6.45) is 2.47. The molecule has 1 heterocycles. The van der Waals surface area contributed by atoms with Gasteiger partial charge in [0.25, 0.3) is 0 Å². The van der Waals surface area contributed by atoms with Crippen LogP contribution in [0.15, 0.2) is 24.3 Å². The standard InChI is InChI=1S/C13H18N2O/c14-8-4-3-7-13(16)15-9-11-5-1-2-6-12(11)10-15/h1-2,5-6H,3-4,7-10,14H2. The average Bonchev–Trinajstić information content (AvgIpc) is 2.73. The van der Waals surface area contributed by atoms with Gasteiger partial charge in [-0.15, -0.1) is 0 Å². The van der Waals surface area contributed by atoms with Gasteiger partial charge in [0, 0.05) is 19.5 Å². The lowest BCUT2D eigenvalue weighted by Crippen LogP contribution is -2.25. The predicted molar refractivity (Wildman–Crippen MR) is 63.6 cm³/mol. The summed E-state index contributed by atoms with van der Waals surface area (Å²) < 4.78 is 0. The van der Waals surface area contributed by atoms with Crippen molar-refractivity contribution in [3.8, 4) is 0 Å². The van der Waals surface area contributed by atoms with Crippen LogP contribution >= 0.6 is 0 Å². The molecule has 0 unspecified atom stereocenters. The fraction of sp³-hybridized carbons (Fsp3) is 0.462. The second kappa shape index (κ2) is 5.12. The van der Waals surface area contributed by atoms with Crippen LogP contribution < -0.4 is 5.73 Å². The van der Waals surface area contributed by atoms with E-state index >= 15 is 0 Å². The van der Waals surface area contributed by atoms with E-state index in [1.165, 1.54) is 11.1 Å². The number of rotatable bonds is 4. The number of hydrogen-bond donors (Lipinski definition) is 1. The maximum Gasteiger partial charge on any atom is 0.223 e. The fourth-order valence-corrected chi connectivity index (χ4v) is 2.09. The zero-order chi connectivity index (χ0) is 11.4. The zero-order valence-electron chi connectivity index (χ0n) is 9.48. The van der Waals surface area contributed by atoms with Gasteiger partial charge in [0.2, 0.25) is 5.91 Å². The highest BCUT2D eigenvalue weighted by atomic mass is 16.2. The Morgan fingerprint density at radius 1 is 1.19 bits per heavy atom. The summed E-state index contributed by atoms with van der Waals surface area (Å²) >= 11 is 0. The largest absolute Gasteiger partial charge is 0.334 e. The third-order valence-corrected chi connectivity index (χ3v) is 3.04. The van der Waals surface area contributed by atoms with Gasteiger partial charge in [-0.1, -0.05) is 24.3 Å². The summed E-state index contributed by atoms with van der Waals surface area (Å²) in [5.41, 5.74) is 7.99. The van der Waals surface area contributed by atoms with E-state index in [1.807, 2.05) is 17.0 Å². The van der Waals surface area contributed by atoms with E-state index < -0.39 is 0 Å². The fourth-order valence-electron chi connectivity index (χ4n) is 2.09. The molecule has 3 heteroatoms. The molecule has 0 saturated heterocycles. The van der Waals surface area contributed by atoms with E-state index in [2.05, 4.69) is 12.1 Å². The quantitative estimate of drug-likeness (QED) is 0.781. The highest BCUT2D eigenvalue weighted by molar-refractivity contribution is 5.76. The molecule has 0 atom stereocenters. The molecular weight excluding hydrogens is 200 g/mol. The molecular formula is C13H18N2O. The first-order valence-corrected chi connectivity index (χ1v) is 5.86. The number of carbonyl (C=O) groups is 1. The Labute approximate surface area is 96.2 Å². The third-order valence-electron chi connectivity index (χ3n) is 3.04. The van der Waals surface area contributed by atoms with Crippen molar-refractivity contribution in [2.75, 3.05) is 6.54 Å². The SMILES string of the molecule is NCCCCC(=O)N1Cc2ccccc2C1. The minimum Gasteiger partial charge on any atom is -0.334 e. The first kappa shape index (κ1) is 11.1. The molecule has 2 N–H and O–H groups in total. The Balaban J connectivity index is 1.88. The summed E-state index contributed by atoms with van der Waals surface area (Å²) in [5.74, 6) is 0.254. The van der Waals surface area contributed by atoms with Crippen LogP contribution in [-0.4, -0.2) is 17.4 Å². The topological polar surface area (TPSA) is 46.3 Å². The van der Waals surface area contributed by atoms with E-state index in [9.17, 15) is 4.79 Å². The summed E-state index contributed by atoms with van der Waals surface area (Å²) in [6.45, 7) is 2.22. The van der Waals surface area contributed by atoms with Crippen molar-refractivity contribution in [2.45, 2.75) is 32.4 Å². The highest BCUT2D eigenvalue weighted by Crippen LogP contribution is 2.22. The molecule has 1 aliphatic heterocycles. The van der Waals surface area contributed by atoms with Crippen LogP contribution in [-0.2, 0) is 17.9 Å². The van der Waals surface area contributed by atoms with E-state index in [0.717, 1.165) is 25.9 Å². The number of benzene rings is 1. The van der Waals surface area contributed by atoms with E-state index in [-0.39, 0.29) is 5.91 Å². The number of hydrogen-bond acceptors (Lipinski definition) is 2. The highest BCUT2D eigenvalue weighted by Gasteiger charge is 2.21. The molecule has 0 spiro atoms. The molecule has 86 valence electrons. The maximum atomic E-state index is 11.9. The summed E-state index contributed by atoms with van der Waals surface area (Å²) in [4.78, 5) is 13.8. The normalized spacial score (nSPS) is 13.9. The third kappa shape index (κ3) is 2.42. The number of unbranched alkanes of at least 4 members (excludes halogenated alkanes) is 1. The molecule has 0 bridgehead atoms. The van der Waals surface area contributed by atoms with E-state index in [1.54, 1.807) is 0 Å². The van der Waals surface area contributed by atoms with Crippen molar-refractivity contribution < 1.29 is 4.79 Å². The van der Waals surface area contributed by atoms with Crippen LogP contribution in [0, 0.1) is 0 Å². The van der Waals surface area contributed by atoms with Gasteiger partial charge in [-0.3, -0.25) is 4.79 Å². The predicted octanol–water partition coefficient (Wildman–Crippen LogP) is 1.66. The van der Waals surface area contributed by atoms with Gasteiger partial charge in [0.15, 0.2) is 0 Å². The van der Waals surface area contributed by atoms with Crippen molar-refractivity contribution in [3.05, 3.63) is 35.4 Å². The molecule has 2 rings (SSSR count). The van der Waals surface area contributed by atoms with Crippen LogP contribution in [0.2, 0.25) is 0 Å². The summed E-state index contributed by atoms with van der Waals surface area (Å²) in [5, 5.41) is 0. The molecule has 0 saturated carbocycles. The van der Waals surface area contributed by atoms with Crippen molar-refractivity contribution in [2.24, 2.45) is 5.73 Å². The summed E-state index contributed by atoms with van der Waals surface area (Å²) in [7, 11) is 0. The molecule has 1 amide bonds. The molecule has 1 aromatic rings. The molecule has 1 aliphatic rings. The Morgan fingerprint density at radius 3 is 2.38 bits per heavy atom. The number of fused-ring (bicyclic) bond motifs is 1. The van der Waals surface area contributed by atoms with E-state index in [0.29, 0.717) is 13.0 Å². The lowest BCUT2D eigenvalue weighted by atomic mass is 10.1. The lowest BCUT2D eigenvalue weighted by molar-refractivity contribution is -0.131. The zero-order valence-corrected chi connectivity index (χ0v) is 9.48. The Bertz CT molecular complexity index is 351. The summed E-state index contributed by atoms with van der Waals surface area (Å²) in [6, 6.07) is 8.26. The van der Waals surface area contributed by atoms with Crippen LogP contribution in [0.1, 0.15) is 30.4 Å². The maximum absolute atomic E-state index is 11.9. The Morgan fingerprint density at radius 2 is 1.81 bits per heavy atom. The molecule has 0 aromatic heterocycles. The smallest absolute Gasteiger partial charge is 0.223 e. The van der Waals surface area contributed by atoms with Gasteiger partial charge in [-0.25, -0.2) is 0 Å². The molecule has 1 aromatic carbocycles. The van der Waals surface area contributed by atoms with Gasteiger partial charge < -0.3 is 10.6 Å². The van der Waals surface area contributed by atoms with Crippen LogP contribution in [0.5, 0.6) is 0 Å². The van der Waals surface area contributed by atoms with Crippen LogP contribution in [0.3, 0.4) is 0 Å².